The summed E-state index contributed by atoms with van der Waals surface area (Å²) in [5.74, 6) is 2.48. The predicted octanol–water partition coefficient (Wildman–Crippen LogP) is 5.09. The van der Waals surface area contributed by atoms with Gasteiger partial charge in [0.15, 0.2) is 0 Å². The van der Waals surface area contributed by atoms with Crippen LogP contribution in [0.2, 0.25) is 0 Å². The molecule has 1 N–H and O–H groups in total. The van der Waals surface area contributed by atoms with Gasteiger partial charge in [-0.3, -0.25) is 14.5 Å². The lowest BCUT2D eigenvalue weighted by Crippen LogP contribution is -2.48. The van der Waals surface area contributed by atoms with E-state index in [-0.39, 0.29) is 41.3 Å². The highest BCUT2D eigenvalue weighted by Crippen LogP contribution is 2.31. The molecule has 1 aliphatic heterocycles. The van der Waals surface area contributed by atoms with Gasteiger partial charge in [0.2, 0.25) is 5.91 Å². The molecule has 1 aromatic rings. The van der Waals surface area contributed by atoms with E-state index in [1.807, 2.05) is 19.2 Å². The van der Waals surface area contributed by atoms with Gasteiger partial charge in [-0.15, -0.1) is 0 Å². The smallest absolute Gasteiger partial charge is 0.232 e. The molecule has 204 valence electrons. The van der Waals surface area contributed by atoms with Crippen molar-refractivity contribution in [2.45, 2.75) is 73.6 Å². The van der Waals surface area contributed by atoms with Crippen LogP contribution in [0, 0.1) is 29.6 Å². The maximum Gasteiger partial charge on any atom is 0.232 e. The number of hydrogen-bond donors (Lipinski definition) is 1. The molecule has 0 radical (unpaired) electrons. The summed E-state index contributed by atoms with van der Waals surface area (Å²) in [5, 5.41) is 3.37. The molecule has 7 nitrogen and oxygen atoms in total. The monoisotopic (exact) mass is 503 g/mol. The van der Waals surface area contributed by atoms with E-state index in [1.54, 1.807) is 12.0 Å². The van der Waals surface area contributed by atoms with Crippen molar-refractivity contribution in [2.24, 2.45) is 29.6 Å². The van der Waals surface area contributed by atoms with E-state index >= 15 is 0 Å². The normalized spacial score (nSPS) is 19.1. The molecular formula is C29H49N3O4. The standard InChI is InChI=1S/C29H49N3O4/c1-9-36-18-22(10-19(2)3)11-26(33)23-12-24(15-30-14-23)29(34)32(17-20(4)5)28-13-27(35-8)25(16-31-28)21(6)7/h13,16,19-24,30H,9-12,14-15,17-18H2,1-8H3/t22-,23-,24+/m0/s1. The average molecular weight is 504 g/mol. The van der Waals surface area contributed by atoms with E-state index in [4.69, 9.17) is 9.47 Å². The number of Topliss-reactive ketones (excluding diaryl/α,β-unsaturated/α-hetero) is 1. The quantitative estimate of drug-likeness (QED) is 0.381. The number of piperidine rings is 1. The second kappa shape index (κ2) is 14.7. The fourth-order valence-corrected chi connectivity index (χ4v) is 5.07. The Kier molecular flexibility index (Phi) is 12.3. The Morgan fingerprint density at radius 1 is 1.11 bits per heavy atom. The number of amides is 1. The van der Waals surface area contributed by atoms with Crippen molar-refractivity contribution < 1.29 is 19.1 Å². The van der Waals surface area contributed by atoms with Crippen molar-refractivity contribution in [1.82, 2.24) is 10.3 Å². The molecule has 2 heterocycles. The zero-order valence-electron chi connectivity index (χ0n) is 23.8. The summed E-state index contributed by atoms with van der Waals surface area (Å²) in [4.78, 5) is 33.5. The maximum absolute atomic E-state index is 13.8. The molecule has 2 rings (SSSR count). The fraction of sp³-hybridized carbons (Fsp3) is 0.759. The lowest BCUT2D eigenvalue weighted by molar-refractivity contribution is -0.128. The van der Waals surface area contributed by atoms with Crippen molar-refractivity contribution >= 4 is 17.5 Å². The second-order valence-electron chi connectivity index (χ2n) is 11.4. The Morgan fingerprint density at radius 3 is 2.39 bits per heavy atom. The molecule has 0 bridgehead atoms. The van der Waals surface area contributed by atoms with Crippen molar-refractivity contribution in [2.75, 3.05) is 44.9 Å². The molecule has 7 heteroatoms. The third-order valence-corrected chi connectivity index (χ3v) is 6.82. The Hall–Kier alpha value is -1.99. The van der Waals surface area contributed by atoms with Crippen LogP contribution in [0.25, 0.3) is 0 Å². The van der Waals surface area contributed by atoms with Crippen molar-refractivity contribution in [1.29, 1.82) is 0 Å². The van der Waals surface area contributed by atoms with Crippen LogP contribution in [-0.4, -0.2) is 56.6 Å². The largest absolute Gasteiger partial charge is 0.496 e. The first-order chi connectivity index (χ1) is 17.1. The number of methoxy groups -OCH3 is 1. The molecular weight excluding hydrogens is 454 g/mol. The Labute approximate surface area is 218 Å². The van der Waals surface area contributed by atoms with Crippen molar-refractivity contribution in [3.63, 3.8) is 0 Å². The van der Waals surface area contributed by atoms with Gasteiger partial charge in [-0.05, 0) is 43.4 Å². The third-order valence-electron chi connectivity index (χ3n) is 6.82. The van der Waals surface area contributed by atoms with Crippen LogP contribution in [0.15, 0.2) is 12.3 Å². The van der Waals surface area contributed by atoms with E-state index < -0.39 is 0 Å². The number of nitrogens with one attached hydrogen (secondary N) is 1. The Morgan fingerprint density at radius 2 is 1.81 bits per heavy atom. The number of anilines is 1. The molecule has 36 heavy (non-hydrogen) atoms. The molecule has 0 spiro atoms. The molecule has 0 saturated carbocycles. The molecule has 0 aliphatic carbocycles. The molecule has 1 aromatic heterocycles. The topological polar surface area (TPSA) is 80.8 Å². The van der Waals surface area contributed by atoms with E-state index in [0.717, 1.165) is 17.7 Å². The van der Waals surface area contributed by atoms with Gasteiger partial charge in [-0.25, -0.2) is 4.98 Å². The highest BCUT2D eigenvalue weighted by atomic mass is 16.5. The summed E-state index contributed by atoms with van der Waals surface area (Å²) in [6, 6.07) is 1.87. The molecule has 3 atom stereocenters. The number of nitrogens with zero attached hydrogens (tertiary/aromatic N) is 2. The minimum absolute atomic E-state index is 0.0218. The van der Waals surface area contributed by atoms with Crippen LogP contribution in [-0.2, 0) is 14.3 Å². The first-order valence-electron chi connectivity index (χ1n) is 13.7. The Bertz CT molecular complexity index is 840. The third kappa shape index (κ3) is 8.84. The van der Waals surface area contributed by atoms with E-state index in [2.05, 4.69) is 51.8 Å². The SMILES string of the molecule is CCOC[C@H](CC(=O)[C@@H]1CNC[C@H](C(=O)N(CC(C)C)c2cc(OC)c(C(C)C)cn2)C1)CC(C)C. The van der Waals surface area contributed by atoms with Gasteiger partial charge in [0.25, 0.3) is 0 Å². The minimum atomic E-state index is -0.264. The van der Waals surface area contributed by atoms with Gasteiger partial charge >= 0.3 is 0 Å². The molecule has 1 fully saturated rings. The summed E-state index contributed by atoms with van der Waals surface area (Å²) in [6.45, 7) is 17.8. The minimum Gasteiger partial charge on any atom is -0.496 e. The predicted molar refractivity (Wildman–Crippen MR) is 146 cm³/mol. The number of ketones is 1. The van der Waals surface area contributed by atoms with E-state index in [1.165, 1.54) is 0 Å². The molecule has 1 saturated heterocycles. The molecule has 1 aliphatic rings. The van der Waals surface area contributed by atoms with E-state index in [0.29, 0.717) is 57.4 Å². The highest BCUT2D eigenvalue weighted by Gasteiger charge is 2.35. The van der Waals surface area contributed by atoms with Gasteiger partial charge in [0, 0.05) is 63.0 Å². The summed E-state index contributed by atoms with van der Waals surface area (Å²) in [5.41, 5.74) is 1.02. The number of pyridine rings is 1. The average Bonchev–Trinajstić information content (AvgIpc) is 2.84. The lowest BCUT2D eigenvalue weighted by atomic mass is 9.82. The lowest BCUT2D eigenvalue weighted by Gasteiger charge is -2.34. The first kappa shape index (κ1) is 30.2. The van der Waals surface area contributed by atoms with E-state index in [9.17, 15) is 9.59 Å². The summed E-state index contributed by atoms with van der Waals surface area (Å²) in [6.07, 6.45) is 3.87. The molecule has 1 amide bonds. The zero-order chi connectivity index (χ0) is 26.8. The van der Waals surface area contributed by atoms with Crippen LogP contribution in [0.4, 0.5) is 5.82 Å². The van der Waals surface area contributed by atoms with Crippen LogP contribution in [0.3, 0.4) is 0 Å². The number of ether oxygens (including phenoxy) is 2. The number of carbonyl (C=O) groups excluding carboxylic acids is 2. The zero-order valence-corrected chi connectivity index (χ0v) is 23.8. The van der Waals surface area contributed by atoms with Crippen molar-refractivity contribution in [3.05, 3.63) is 17.8 Å². The van der Waals surface area contributed by atoms with Crippen LogP contribution in [0.5, 0.6) is 5.75 Å². The van der Waals surface area contributed by atoms with Crippen LogP contribution < -0.4 is 15.0 Å². The Balaban J connectivity index is 2.18. The van der Waals surface area contributed by atoms with Gasteiger partial charge in [0.05, 0.1) is 13.0 Å². The van der Waals surface area contributed by atoms with Gasteiger partial charge in [0.1, 0.15) is 17.4 Å². The highest BCUT2D eigenvalue weighted by molar-refractivity contribution is 5.95. The number of rotatable bonds is 14. The number of aromatic nitrogens is 1. The summed E-state index contributed by atoms with van der Waals surface area (Å²) < 4.78 is 11.3. The fourth-order valence-electron chi connectivity index (χ4n) is 5.07. The maximum atomic E-state index is 13.8. The summed E-state index contributed by atoms with van der Waals surface area (Å²) >= 11 is 0. The molecule has 0 unspecified atom stereocenters. The van der Waals surface area contributed by atoms with Gasteiger partial charge in [-0.1, -0.05) is 41.5 Å². The summed E-state index contributed by atoms with van der Waals surface area (Å²) in [7, 11) is 1.65. The van der Waals surface area contributed by atoms with Gasteiger partial charge < -0.3 is 14.8 Å². The van der Waals surface area contributed by atoms with Crippen LogP contribution >= 0.6 is 0 Å². The second-order valence-corrected chi connectivity index (χ2v) is 11.4. The number of hydrogen-bond acceptors (Lipinski definition) is 6. The van der Waals surface area contributed by atoms with Crippen LogP contribution in [0.1, 0.15) is 79.2 Å². The van der Waals surface area contributed by atoms with Crippen molar-refractivity contribution in [3.8, 4) is 5.75 Å². The first-order valence-corrected chi connectivity index (χ1v) is 13.7. The molecule has 0 aromatic carbocycles. The van der Waals surface area contributed by atoms with Gasteiger partial charge in [-0.2, -0.15) is 0 Å². The number of carbonyl (C=O) groups is 2.